The first-order valence-electron chi connectivity index (χ1n) is 9.72. The second-order valence-corrected chi connectivity index (χ2v) is 9.08. The summed E-state index contributed by atoms with van der Waals surface area (Å²) in [5, 5.41) is 0. The van der Waals surface area contributed by atoms with E-state index in [-0.39, 0.29) is 5.41 Å². The molecule has 0 aromatic rings. The monoisotopic (exact) mass is 338 g/mol. The van der Waals surface area contributed by atoms with Crippen molar-refractivity contribution in [2.24, 2.45) is 23.2 Å². The first-order chi connectivity index (χ1) is 11.6. The average molecular weight is 339 g/mol. The summed E-state index contributed by atoms with van der Waals surface area (Å²) in [6, 6.07) is 0. The second kappa shape index (κ2) is 9.80. The van der Waals surface area contributed by atoms with Gasteiger partial charge in [-0.05, 0) is 53.7 Å². The van der Waals surface area contributed by atoms with Crippen LogP contribution in [0.2, 0.25) is 0 Å². The van der Waals surface area contributed by atoms with Crippen molar-refractivity contribution in [1.29, 1.82) is 0 Å². The normalized spacial score (nSPS) is 20.3. The molecule has 1 rings (SSSR count). The molecule has 0 heteroatoms. The van der Waals surface area contributed by atoms with Gasteiger partial charge in [0.1, 0.15) is 0 Å². The molecule has 0 spiro atoms. The molecule has 0 saturated heterocycles. The zero-order valence-corrected chi connectivity index (χ0v) is 17.6. The van der Waals surface area contributed by atoms with Gasteiger partial charge >= 0.3 is 0 Å². The van der Waals surface area contributed by atoms with Gasteiger partial charge in [0.2, 0.25) is 0 Å². The molecule has 2 atom stereocenters. The summed E-state index contributed by atoms with van der Waals surface area (Å²) in [6.45, 7) is 18.2. The summed E-state index contributed by atoms with van der Waals surface area (Å²) in [7, 11) is 0. The van der Waals surface area contributed by atoms with Gasteiger partial charge in [-0.1, -0.05) is 103 Å². The third-order valence-corrected chi connectivity index (χ3v) is 4.49. The smallest absolute Gasteiger partial charge is 0.0200 e. The largest absolute Gasteiger partial charge is 0.0785 e. The Balaban J connectivity index is 2.63. The molecule has 1 aliphatic rings. The van der Waals surface area contributed by atoms with E-state index in [1.54, 1.807) is 0 Å². The van der Waals surface area contributed by atoms with E-state index in [4.69, 9.17) is 0 Å². The fourth-order valence-electron chi connectivity index (χ4n) is 2.94. The minimum Gasteiger partial charge on any atom is -0.0785 e. The van der Waals surface area contributed by atoms with Crippen molar-refractivity contribution in [2.75, 3.05) is 0 Å². The molecule has 0 fully saturated rings. The van der Waals surface area contributed by atoms with Crippen LogP contribution in [-0.4, -0.2) is 0 Å². The Morgan fingerprint density at radius 3 is 2.36 bits per heavy atom. The van der Waals surface area contributed by atoms with Crippen LogP contribution >= 0.6 is 0 Å². The van der Waals surface area contributed by atoms with Crippen molar-refractivity contribution in [3.05, 3.63) is 71.4 Å². The van der Waals surface area contributed by atoms with E-state index in [9.17, 15) is 0 Å². The van der Waals surface area contributed by atoms with Gasteiger partial charge < -0.3 is 0 Å². The Bertz CT molecular complexity index is 594. The molecule has 0 nitrogen and oxygen atoms in total. The molecule has 2 unspecified atom stereocenters. The summed E-state index contributed by atoms with van der Waals surface area (Å²) in [5.74, 6) is 2.13. The Labute approximate surface area is 156 Å². The maximum absolute atomic E-state index is 2.40. The zero-order chi connectivity index (χ0) is 19.0. The van der Waals surface area contributed by atoms with Crippen molar-refractivity contribution in [3.8, 4) is 0 Å². The van der Waals surface area contributed by atoms with Crippen molar-refractivity contribution in [1.82, 2.24) is 0 Å². The number of hydrogen-bond donors (Lipinski definition) is 0. The van der Waals surface area contributed by atoms with Gasteiger partial charge in [0.25, 0.3) is 0 Å². The van der Waals surface area contributed by atoms with E-state index in [0.717, 1.165) is 11.8 Å². The highest BCUT2D eigenvalue weighted by Gasteiger charge is 2.11. The van der Waals surface area contributed by atoms with Crippen LogP contribution in [0.1, 0.15) is 61.8 Å². The highest BCUT2D eigenvalue weighted by Crippen LogP contribution is 2.23. The van der Waals surface area contributed by atoms with Crippen LogP contribution in [0.15, 0.2) is 71.4 Å². The molecule has 0 saturated carbocycles. The lowest BCUT2D eigenvalue weighted by atomic mass is 9.87. The van der Waals surface area contributed by atoms with Gasteiger partial charge in [-0.25, -0.2) is 0 Å². The van der Waals surface area contributed by atoms with Crippen molar-refractivity contribution in [2.45, 2.75) is 61.8 Å². The SMILES string of the molecule is CC(/C=C/C=C1\C=CC(/C=C/C(C)(C)C)=C1)=C\C(C)C(C)CC(C)C. The van der Waals surface area contributed by atoms with Crippen molar-refractivity contribution < 1.29 is 0 Å². The van der Waals surface area contributed by atoms with Gasteiger partial charge in [-0.2, -0.15) is 0 Å². The summed E-state index contributed by atoms with van der Waals surface area (Å²) >= 11 is 0. The Kier molecular flexibility index (Phi) is 8.42. The van der Waals surface area contributed by atoms with E-state index in [0.29, 0.717) is 5.92 Å². The summed E-state index contributed by atoms with van der Waals surface area (Å²) < 4.78 is 0. The summed E-state index contributed by atoms with van der Waals surface area (Å²) in [4.78, 5) is 0. The molecule has 138 valence electrons. The van der Waals surface area contributed by atoms with Gasteiger partial charge in [-0.3, -0.25) is 0 Å². The van der Waals surface area contributed by atoms with E-state index in [2.05, 4.69) is 110 Å². The molecule has 0 aromatic heterocycles. The Morgan fingerprint density at radius 1 is 1.08 bits per heavy atom. The van der Waals surface area contributed by atoms with Crippen molar-refractivity contribution in [3.63, 3.8) is 0 Å². The third kappa shape index (κ3) is 9.48. The van der Waals surface area contributed by atoms with Crippen LogP contribution in [0.3, 0.4) is 0 Å². The van der Waals surface area contributed by atoms with E-state index >= 15 is 0 Å². The molecule has 0 heterocycles. The summed E-state index contributed by atoms with van der Waals surface area (Å²) in [6.07, 6.45) is 21.3. The molecular weight excluding hydrogens is 300 g/mol. The number of allylic oxidation sites excluding steroid dienone is 12. The Morgan fingerprint density at radius 2 is 1.76 bits per heavy atom. The minimum atomic E-state index is 0.229. The lowest BCUT2D eigenvalue weighted by Crippen LogP contribution is -2.08. The molecule has 0 radical (unpaired) electrons. The molecule has 0 aromatic carbocycles. The molecular formula is C25H38. The topological polar surface area (TPSA) is 0 Å². The van der Waals surface area contributed by atoms with Crippen molar-refractivity contribution >= 4 is 0 Å². The molecule has 0 bridgehead atoms. The standard InChI is InChI=1S/C25H38/c1-19(2)16-21(4)22(5)17-20(3)10-9-11-23-12-13-24(18-23)14-15-25(6,7)8/h9-15,17-19,21-22H,16H2,1-8H3/b10-9+,15-14+,20-17+,23-11+. The molecule has 1 aliphatic carbocycles. The van der Waals surface area contributed by atoms with E-state index < -0.39 is 0 Å². The highest BCUT2D eigenvalue weighted by atomic mass is 14.2. The molecule has 0 N–H and O–H groups in total. The summed E-state index contributed by atoms with van der Waals surface area (Å²) in [5.41, 5.74) is 4.11. The van der Waals surface area contributed by atoms with Gasteiger partial charge in [-0.15, -0.1) is 0 Å². The van der Waals surface area contributed by atoms with Gasteiger partial charge in [0, 0.05) is 0 Å². The molecule has 0 aliphatic heterocycles. The molecule has 25 heavy (non-hydrogen) atoms. The van der Waals surface area contributed by atoms with E-state index in [1.807, 2.05) is 0 Å². The zero-order valence-electron chi connectivity index (χ0n) is 17.6. The first kappa shape index (κ1) is 21.5. The predicted molar refractivity (Wildman–Crippen MR) is 115 cm³/mol. The third-order valence-electron chi connectivity index (χ3n) is 4.49. The average Bonchev–Trinajstić information content (AvgIpc) is 2.91. The second-order valence-electron chi connectivity index (χ2n) is 9.08. The lowest BCUT2D eigenvalue weighted by molar-refractivity contribution is 0.369. The van der Waals surface area contributed by atoms with Crippen LogP contribution in [0.5, 0.6) is 0 Å². The van der Waals surface area contributed by atoms with Crippen LogP contribution in [0, 0.1) is 23.2 Å². The van der Waals surface area contributed by atoms with E-state index in [1.165, 1.54) is 23.1 Å². The van der Waals surface area contributed by atoms with Crippen LogP contribution in [0.4, 0.5) is 0 Å². The molecule has 0 amide bonds. The maximum Gasteiger partial charge on any atom is -0.0200 e. The highest BCUT2D eigenvalue weighted by molar-refractivity contribution is 5.51. The van der Waals surface area contributed by atoms with Crippen LogP contribution < -0.4 is 0 Å². The van der Waals surface area contributed by atoms with Gasteiger partial charge in [0.05, 0.1) is 0 Å². The predicted octanol–water partition coefficient (Wildman–Crippen LogP) is 7.83. The minimum absolute atomic E-state index is 0.229. The fourth-order valence-corrected chi connectivity index (χ4v) is 2.94. The van der Waals surface area contributed by atoms with Crippen LogP contribution in [-0.2, 0) is 0 Å². The fraction of sp³-hybridized carbons (Fsp3) is 0.520. The quantitative estimate of drug-likeness (QED) is 0.415. The van der Waals surface area contributed by atoms with Gasteiger partial charge in [0.15, 0.2) is 0 Å². The maximum atomic E-state index is 2.40. The lowest BCUT2D eigenvalue weighted by Gasteiger charge is -2.19. The van der Waals surface area contributed by atoms with Crippen LogP contribution in [0.25, 0.3) is 0 Å². The number of rotatable bonds is 7. The Hall–Kier alpha value is -1.56. The first-order valence-corrected chi connectivity index (χ1v) is 9.72. The number of hydrogen-bond acceptors (Lipinski definition) is 0.